The Hall–Kier alpha value is -1.57. The van der Waals surface area contributed by atoms with Crippen LogP contribution >= 0.6 is 11.6 Å². The smallest absolute Gasteiger partial charge is 0.344 e. The number of rotatable bonds is 8. The van der Waals surface area contributed by atoms with Crippen LogP contribution in [0.4, 0.5) is 0 Å². The number of halogens is 1. The number of carbonyl (C=O) groups excluding carboxylic acids is 1. The molecule has 174 valence electrons. The summed E-state index contributed by atoms with van der Waals surface area (Å²) in [5, 5.41) is 5.68. The normalized spacial score (nSPS) is 14.0. The Morgan fingerprint density at radius 2 is 1.84 bits per heavy atom. The lowest BCUT2D eigenvalue weighted by molar-refractivity contribution is -0.157. The van der Waals surface area contributed by atoms with Gasteiger partial charge in [0.25, 0.3) is 0 Å². The fourth-order valence-electron chi connectivity index (χ4n) is 3.11. The van der Waals surface area contributed by atoms with E-state index in [0.717, 1.165) is 16.5 Å². The monoisotopic (exact) mass is 468 g/mol. The summed E-state index contributed by atoms with van der Waals surface area (Å²) in [6.07, 6.45) is 1.82. The summed E-state index contributed by atoms with van der Waals surface area (Å²) in [5.41, 5.74) is 1.15. The Kier molecular flexibility index (Phi) is 7.88. The molecule has 2 rings (SSSR count). The van der Waals surface area contributed by atoms with Crippen molar-refractivity contribution in [3.05, 3.63) is 23.9 Å². The largest absolute Gasteiger partial charge is 0.481 e. The van der Waals surface area contributed by atoms with Crippen LogP contribution in [-0.4, -0.2) is 42.4 Å². The minimum atomic E-state index is -1.89. The van der Waals surface area contributed by atoms with E-state index in [-0.39, 0.29) is 23.6 Å². The van der Waals surface area contributed by atoms with Crippen LogP contribution in [0.5, 0.6) is 5.75 Å². The molecule has 0 aliphatic rings. The van der Waals surface area contributed by atoms with Crippen LogP contribution < -0.4 is 4.74 Å². The van der Waals surface area contributed by atoms with Gasteiger partial charge < -0.3 is 13.9 Å². The molecule has 0 fully saturated rings. The predicted molar refractivity (Wildman–Crippen MR) is 128 cm³/mol. The third-order valence-electron chi connectivity index (χ3n) is 5.50. The van der Waals surface area contributed by atoms with Crippen LogP contribution in [0.25, 0.3) is 10.9 Å². The number of esters is 1. The number of hydrogen-bond acceptors (Lipinski definition) is 5. The summed E-state index contributed by atoms with van der Waals surface area (Å²) < 4.78 is 19.5. The van der Waals surface area contributed by atoms with Crippen molar-refractivity contribution < 1.29 is 18.7 Å². The highest BCUT2D eigenvalue weighted by molar-refractivity contribution is 6.74. The molecule has 0 amide bonds. The second kappa shape index (κ2) is 9.51. The molecule has 0 radical (unpaired) electrons. The van der Waals surface area contributed by atoms with Crippen molar-refractivity contribution in [1.82, 2.24) is 9.78 Å². The van der Waals surface area contributed by atoms with E-state index in [2.05, 4.69) is 45.9 Å². The molecule has 0 spiro atoms. The van der Waals surface area contributed by atoms with E-state index in [4.69, 9.17) is 25.5 Å². The zero-order valence-corrected chi connectivity index (χ0v) is 22.1. The first-order chi connectivity index (χ1) is 14.1. The van der Waals surface area contributed by atoms with Crippen LogP contribution in [0.1, 0.15) is 54.0 Å². The lowest BCUT2D eigenvalue weighted by atomic mass is 10.1. The highest BCUT2D eigenvalue weighted by Gasteiger charge is 2.38. The molecule has 31 heavy (non-hydrogen) atoms. The molecule has 1 heterocycles. The van der Waals surface area contributed by atoms with Crippen molar-refractivity contribution in [1.29, 1.82) is 0 Å². The van der Waals surface area contributed by atoms with Gasteiger partial charge in [0.2, 0.25) is 0 Å². The van der Waals surface area contributed by atoms with Crippen molar-refractivity contribution >= 4 is 36.8 Å². The average molecular weight is 469 g/mol. The summed E-state index contributed by atoms with van der Waals surface area (Å²) >= 11 is 6.30. The van der Waals surface area contributed by atoms with Crippen molar-refractivity contribution in [3.8, 4) is 5.75 Å². The predicted octanol–water partition coefficient (Wildman–Crippen LogP) is 5.91. The molecule has 0 saturated heterocycles. The third kappa shape index (κ3) is 6.70. The van der Waals surface area contributed by atoms with Crippen LogP contribution in [0.3, 0.4) is 0 Å². The summed E-state index contributed by atoms with van der Waals surface area (Å²) in [6.45, 7) is 19.2. The fourth-order valence-corrected chi connectivity index (χ4v) is 4.80. The first kappa shape index (κ1) is 25.7. The van der Waals surface area contributed by atoms with Crippen LogP contribution in [0.15, 0.2) is 18.3 Å². The Morgan fingerprint density at radius 1 is 1.19 bits per heavy atom. The van der Waals surface area contributed by atoms with Crippen molar-refractivity contribution in [3.63, 3.8) is 0 Å². The first-order valence-corrected chi connectivity index (χ1v) is 14.1. The molecular weight excluding hydrogens is 432 g/mol. The Labute approximate surface area is 192 Å². The zero-order chi connectivity index (χ0) is 23.6. The summed E-state index contributed by atoms with van der Waals surface area (Å²) in [6, 6.07) is 3.75. The molecule has 1 unspecified atom stereocenters. The van der Waals surface area contributed by atoms with Gasteiger partial charge in [0.05, 0.1) is 30.2 Å². The maximum Gasteiger partial charge on any atom is 0.344 e. The third-order valence-corrected chi connectivity index (χ3v) is 10.4. The molecule has 0 N–H and O–H groups in total. The molecule has 0 aliphatic carbocycles. The number of carbonyl (C=O) groups is 1. The molecule has 0 aliphatic heterocycles. The standard InChI is InChI=1S/C23H37ClN2O4Si/c1-16(30-31(8,9)23(5,6)7)14-26-21-17(13-25-26)10-11-19(18(21)12-24)28-15-20(27)29-22(2,3)4/h10-11,13,16H,12,14-15H2,1-9H3. The maximum atomic E-state index is 12.1. The van der Waals surface area contributed by atoms with Crippen LogP contribution in [-0.2, 0) is 26.4 Å². The van der Waals surface area contributed by atoms with Crippen LogP contribution in [0.2, 0.25) is 18.1 Å². The second-order valence-corrected chi connectivity index (χ2v) is 15.5. The molecule has 6 nitrogen and oxygen atoms in total. The van der Waals surface area contributed by atoms with Gasteiger partial charge in [-0.2, -0.15) is 5.10 Å². The van der Waals surface area contributed by atoms with Gasteiger partial charge in [-0.25, -0.2) is 4.79 Å². The van der Waals surface area contributed by atoms with Gasteiger partial charge in [-0.1, -0.05) is 20.8 Å². The molecule has 1 atom stereocenters. The molecule has 0 saturated carbocycles. The quantitative estimate of drug-likeness (QED) is 0.274. The van der Waals surface area contributed by atoms with Gasteiger partial charge in [-0.05, 0) is 58.0 Å². The van der Waals surface area contributed by atoms with E-state index in [1.807, 2.05) is 43.8 Å². The number of alkyl halides is 1. The van der Waals surface area contributed by atoms with Gasteiger partial charge >= 0.3 is 5.97 Å². The van der Waals surface area contributed by atoms with E-state index < -0.39 is 19.9 Å². The van der Waals surface area contributed by atoms with E-state index in [9.17, 15) is 4.79 Å². The van der Waals surface area contributed by atoms with Gasteiger partial charge in [0.1, 0.15) is 11.4 Å². The van der Waals surface area contributed by atoms with Crippen LogP contribution in [0, 0.1) is 0 Å². The number of nitrogens with zero attached hydrogens (tertiary/aromatic N) is 2. The van der Waals surface area contributed by atoms with Gasteiger partial charge in [0, 0.05) is 10.9 Å². The summed E-state index contributed by atoms with van der Waals surface area (Å²) in [5.74, 6) is 0.385. The van der Waals surface area contributed by atoms with E-state index >= 15 is 0 Å². The lowest BCUT2D eigenvalue weighted by Crippen LogP contribution is -2.44. The zero-order valence-electron chi connectivity index (χ0n) is 20.3. The Bertz CT molecular complexity index is 913. The highest BCUT2D eigenvalue weighted by atomic mass is 35.5. The highest BCUT2D eigenvalue weighted by Crippen LogP contribution is 2.37. The van der Waals surface area contributed by atoms with Gasteiger partial charge in [-0.15, -0.1) is 11.6 Å². The van der Waals surface area contributed by atoms with Gasteiger partial charge in [0.15, 0.2) is 14.9 Å². The maximum absolute atomic E-state index is 12.1. The van der Waals surface area contributed by atoms with Crippen molar-refractivity contribution in [2.75, 3.05) is 6.61 Å². The van der Waals surface area contributed by atoms with Crippen molar-refractivity contribution in [2.45, 2.75) is 90.7 Å². The summed E-state index contributed by atoms with van der Waals surface area (Å²) in [4.78, 5) is 12.1. The molecular formula is C23H37ClN2O4Si. The molecule has 2 aromatic rings. The second-order valence-electron chi connectivity index (χ2n) is 10.5. The minimum Gasteiger partial charge on any atom is -0.481 e. The Balaban J connectivity index is 2.24. The molecule has 1 aromatic carbocycles. The number of ether oxygens (including phenoxy) is 2. The molecule has 1 aromatic heterocycles. The Morgan fingerprint density at radius 3 is 2.39 bits per heavy atom. The topological polar surface area (TPSA) is 62.6 Å². The van der Waals surface area contributed by atoms with E-state index in [1.54, 1.807) is 0 Å². The summed E-state index contributed by atoms with van der Waals surface area (Å²) in [7, 11) is -1.89. The molecule has 0 bridgehead atoms. The number of aromatic nitrogens is 2. The first-order valence-electron chi connectivity index (χ1n) is 10.7. The molecule has 8 heteroatoms. The van der Waals surface area contributed by atoms with Crippen molar-refractivity contribution in [2.24, 2.45) is 0 Å². The minimum absolute atomic E-state index is 0.00138. The number of fused-ring (bicyclic) bond motifs is 1. The van der Waals surface area contributed by atoms with E-state index in [0.29, 0.717) is 12.3 Å². The fraction of sp³-hybridized carbons (Fsp3) is 0.652. The van der Waals surface area contributed by atoms with E-state index in [1.165, 1.54) is 0 Å². The number of benzene rings is 1. The SMILES string of the molecule is CC(Cn1ncc2ccc(OCC(=O)OC(C)(C)C)c(CCl)c21)O[Si](C)(C)C(C)(C)C. The number of hydrogen-bond donors (Lipinski definition) is 0. The van der Waals surface area contributed by atoms with Gasteiger partial charge in [-0.3, -0.25) is 4.68 Å². The lowest BCUT2D eigenvalue weighted by Gasteiger charge is -2.38. The average Bonchev–Trinajstić information content (AvgIpc) is 2.99.